The topological polar surface area (TPSA) is 161 Å². The highest BCUT2D eigenvalue weighted by Crippen LogP contribution is 2.38. The van der Waals surface area contributed by atoms with Gasteiger partial charge in [0.05, 0.1) is 55.4 Å². The molecule has 0 spiro atoms. The highest BCUT2D eigenvalue weighted by molar-refractivity contribution is 6.38. The van der Waals surface area contributed by atoms with E-state index in [1.54, 1.807) is 34.3 Å². The molecule has 14 atom stereocenters. The molecule has 3 heterocycles. The van der Waals surface area contributed by atoms with Gasteiger partial charge >= 0.3 is 0 Å². The molecule has 0 aromatic carbocycles. The fraction of sp³-hybridized carbons (Fsp3) is 0.800. The standard InChI is InChI=1S/C45H73NO11/c1-10-13-33-19-27(2)18-28(3)20-35(53-7)24-41-40(55-9)22-30(5)45(52,57-41)43(50)44(51)46-17-12-11-14-34(46)26-56-42(31(6)37(48)25-38(33)49)29(4)21-32-15-16-36(47)39(23-32)54-8/h10,19,21,28,30-37,39-42,47-48,52H,1,11-18,20,22-26H2,2-9H3/b27-19+,29-21+/t28?,30-,31?,32+,33?,34+,35?,36?,37?,39-,40+,41?,42?,45-/m1/s1. The van der Waals surface area contributed by atoms with Crippen LogP contribution in [0.1, 0.15) is 112 Å². The van der Waals surface area contributed by atoms with Gasteiger partial charge in [0, 0.05) is 58.5 Å². The summed E-state index contributed by atoms with van der Waals surface area (Å²) in [6, 6.07) is -0.466. The van der Waals surface area contributed by atoms with E-state index in [1.807, 2.05) is 26.8 Å². The van der Waals surface area contributed by atoms with Crippen LogP contribution in [0.2, 0.25) is 0 Å². The summed E-state index contributed by atoms with van der Waals surface area (Å²) < 4.78 is 30.3. The van der Waals surface area contributed by atoms with Crippen molar-refractivity contribution in [3.8, 4) is 0 Å². The quantitative estimate of drug-likeness (QED) is 0.220. The van der Waals surface area contributed by atoms with Crippen LogP contribution in [0.4, 0.5) is 0 Å². The van der Waals surface area contributed by atoms with Crippen LogP contribution >= 0.6 is 0 Å². The Morgan fingerprint density at radius 3 is 2.33 bits per heavy atom. The first kappa shape index (κ1) is 47.4. The number of hydrogen-bond acceptors (Lipinski definition) is 11. The number of Topliss-reactive ketones (excluding diaryl/α,β-unsaturated/α-hetero) is 2. The first-order valence-corrected chi connectivity index (χ1v) is 21.4. The lowest BCUT2D eigenvalue weighted by Crippen LogP contribution is -2.62. The maximum absolute atomic E-state index is 14.2. The zero-order chi connectivity index (χ0) is 42.0. The molecule has 4 rings (SSSR count). The second-order valence-corrected chi connectivity index (χ2v) is 17.7. The molecule has 0 aromatic rings. The third kappa shape index (κ3) is 12.2. The Morgan fingerprint density at radius 2 is 1.67 bits per heavy atom. The number of ketones is 2. The molecule has 3 aliphatic heterocycles. The number of carbonyl (C=O) groups excluding carboxylic acids is 3. The number of fused-ring (bicyclic) bond motifs is 3. The molecule has 3 N–H and O–H groups in total. The Hall–Kier alpha value is -2.29. The number of aliphatic hydroxyl groups excluding tert-OH is 2. The number of carbonyl (C=O) groups is 3. The highest BCUT2D eigenvalue weighted by Gasteiger charge is 2.55. The Morgan fingerprint density at radius 1 is 0.947 bits per heavy atom. The van der Waals surface area contributed by atoms with Crippen molar-refractivity contribution >= 4 is 17.5 Å². The lowest BCUT2D eigenvalue weighted by atomic mass is 9.81. The summed E-state index contributed by atoms with van der Waals surface area (Å²) in [6.45, 7) is 14.0. The van der Waals surface area contributed by atoms with E-state index in [9.17, 15) is 29.7 Å². The zero-order valence-corrected chi connectivity index (χ0v) is 35.9. The normalized spacial score (nSPS) is 41.3. The number of rotatable bonds is 7. The first-order valence-electron chi connectivity index (χ1n) is 21.4. The number of nitrogens with zero attached hydrogens (tertiary/aromatic N) is 1. The van der Waals surface area contributed by atoms with E-state index in [1.165, 1.54) is 4.90 Å². The number of hydrogen-bond donors (Lipinski definition) is 3. The van der Waals surface area contributed by atoms with Gasteiger partial charge in [-0.3, -0.25) is 14.4 Å². The van der Waals surface area contributed by atoms with Crippen LogP contribution in [-0.4, -0.2) is 127 Å². The summed E-state index contributed by atoms with van der Waals surface area (Å²) in [4.78, 5) is 43.8. The molecular weight excluding hydrogens is 730 g/mol. The predicted octanol–water partition coefficient (Wildman–Crippen LogP) is 5.50. The van der Waals surface area contributed by atoms with Gasteiger partial charge in [0.1, 0.15) is 5.78 Å². The number of allylic oxidation sites excluding steroid dienone is 4. The monoisotopic (exact) mass is 804 g/mol. The van der Waals surface area contributed by atoms with Gasteiger partial charge in [-0.1, -0.05) is 44.6 Å². The summed E-state index contributed by atoms with van der Waals surface area (Å²) in [7, 11) is 4.81. The van der Waals surface area contributed by atoms with Crippen molar-refractivity contribution in [2.24, 2.45) is 29.6 Å². The van der Waals surface area contributed by atoms with Crippen LogP contribution < -0.4 is 0 Å². The molecular formula is C45H73NO11. The average molecular weight is 804 g/mol. The van der Waals surface area contributed by atoms with Gasteiger partial charge in [-0.25, -0.2) is 0 Å². The number of ether oxygens (including phenoxy) is 5. The second kappa shape index (κ2) is 21.8. The van der Waals surface area contributed by atoms with E-state index in [2.05, 4.69) is 19.6 Å². The molecule has 1 amide bonds. The van der Waals surface area contributed by atoms with Crippen molar-refractivity contribution in [1.82, 2.24) is 4.90 Å². The van der Waals surface area contributed by atoms with E-state index < -0.39 is 71.8 Å². The van der Waals surface area contributed by atoms with E-state index in [4.69, 9.17) is 23.7 Å². The Labute approximate surface area is 341 Å². The summed E-state index contributed by atoms with van der Waals surface area (Å²) in [5.41, 5.74) is 1.92. The molecule has 0 radical (unpaired) electrons. The van der Waals surface area contributed by atoms with Gasteiger partial charge in [-0.15, -0.1) is 6.58 Å². The Bertz CT molecular complexity index is 1410. The molecule has 1 aliphatic carbocycles. The molecule has 8 unspecified atom stereocenters. The predicted molar refractivity (Wildman–Crippen MR) is 217 cm³/mol. The molecule has 12 heteroatoms. The van der Waals surface area contributed by atoms with Crippen molar-refractivity contribution in [3.05, 3.63) is 36.0 Å². The third-order valence-electron chi connectivity index (χ3n) is 13.2. The van der Waals surface area contributed by atoms with Crippen molar-refractivity contribution in [2.45, 2.75) is 166 Å². The summed E-state index contributed by atoms with van der Waals surface area (Å²) in [5.74, 6) is -5.63. The molecule has 57 heavy (non-hydrogen) atoms. The van der Waals surface area contributed by atoms with Crippen LogP contribution in [0.25, 0.3) is 0 Å². The SMILES string of the molecule is C=CCC1/C=C(\C)CC(C)CC(OC)CC2O[C@@](O)(C(=O)C(=O)N3CCCC[C@H]3COC(/C(C)=C/[C@@H]3CCC(O)[C@H](OC)C3)C(C)C(O)CC1=O)[C@H](C)C[C@@H]2OC. The fourth-order valence-corrected chi connectivity index (χ4v) is 9.72. The maximum Gasteiger partial charge on any atom is 0.296 e. The minimum Gasteiger partial charge on any atom is -0.392 e. The summed E-state index contributed by atoms with van der Waals surface area (Å²) >= 11 is 0. The van der Waals surface area contributed by atoms with Crippen molar-refractivity contribution < 1.29 is 53.4 Å². The second-order valence-electron chi connectivity index (χ2n) is 17.7. The Balaban J connectivity index is 1.72. The average Bonchev–Trinajstić information content (AvgIpc) is 3.18. The van der Waals surface area contributed by atoms with E-state index in [-0.39, 0.29) is 42.9 Å². The van der Waals surface area contributed by atoms with Gasteiger partial charge in [-0.05, 0) is 95.5 Å². The highest BCUT2D eigenvalue weighted by atomic mass is 16.7. The molecule has 2 bridgehead atoms. The number of methoxy groups -OCH3 is 3. The zero-order valence-electron chi connectivity index (χ0n) is 35.9. The van der Waals surface area contributed by atoms with Crippen LogP contribution in [0.5, 0.6) is 0 Å². The van der Waals surface area contributed by atoms with Gasteiger partial charge in [-0.2, -0.15) is 0 Å². The van der Waals surface area contributed by atoms with Crippen molar-refractivity contribution in [2.75, 3.05) is 34.5 Å². The van der Waals surface area contributed by atoms with E-state index >= 15 is 0 Å². The van der Waals surface area contributed by atoms with Gasteiger partial charge in [0.2, 0.25) is 5.79 Å². The lowest BCUT2D eigenvalue weighted by Gasteiger charge is -2.45. The molecule has 0 aromatic heterocycles. The molecule has 1 saturated carbocycles. The molecule has 12 nitrogen and oxygen atoms in total. The van der Waals surface area contributed by atoms with Gasteiger partial charge in [0.15, 0.2) is 0 Å². The number of piperidine rings is 1. The fourth-order valence-electron chi connectivity index (χ4n) is 9.72. The minimum absolute atomic E-state index is 0.0688. The van der Waals surface area contributed by atoms with E-state index in [0.717, 1.165) is 24.0 Å². The van der Waals surface area contributed by atoms with Crippen LogP contribution in [0, 0.1) is 29.6 Å². The number of aliphatic hydroxyl groups is 3. The van der Waals surface area contributed by atoms with Crippen LogP contribution in [-0.2, 0) is 38.1 Å². The molecule has 2 saturated heterocycles. The van der Waals surface area contributed by atoms with Crippen molar-refractivity contribution in [1.29, 1.82) is 0 Å². The largest absolute Gasteiger partial charge is 0.392 e. The van der Waals surface area contributed by atoms with Crippen LogP contribution in [0.3, 0.4) is 0 Å². The van der Waals surface area contributed by atoms with E-state index in [0.29, 0.717) is 64.3 Å². The molecule has 4 aliphatic rings. The third-order valence-corrected chi connectivity index (χ3v) is 13.2. The Kier molecular flexibility index (Phi) is 18.1. The molecule has 3 fully saturated rings. The van der Waals surface area contributed by atoms with Gasteiger partial charge < -0.3 is 43.9 Å². The first-order chi connectivity index (χ1) is 27.1. The van der Waals surface area contributed by atoms with Crippen molar-refractivity contribution in [3.63, 3.8) is 0 Å². The van der Waals surface area contributed by atoms with Gasteiger partial charge in [0.25, 0.3) is 11.7 Å². The van der Waals surface area contributed by atoms with Crippen LogP contribution in [0.15, 0.2) is 36.0 Å². The molecule has 324 valence electrons. The summed E-state index contributed by atoms with van der Waals surface area (Å²) in [5, 5.41) is 34.2. The minimum atomic E-state index is -2.35. The summed E-state index contributed by atoms with van der Waals surface area (Å²) in [6.07, 6.45) is 8.49. The number of amides is 1. The smallest absolute Gasteiger partial charge is 0.296 e. The maximum atomic E-state index is 14.2. The lowest BCUT2D eigenvalue weighted by molar-refractivity contribution is -0.289.